The van der Waals surface area contributed by atoms with E-state index in [4.69, 9.17) is 10.2 Å². The van der Waals surface area contributed by atoms with Crippen LogP contribution in [0.2, 0.25) is 0 Å². The second kappa shape index (κ2) is 4.48. The summed E-state index contributed by atoms with van der Waals surface area (Å²) in [6.45, 7) is -0.0380. The number of phenols is 2. The van der Waals surface area contributed by atoms with Crippen molar-refractivity contribution in [3.8, 4) is 11.5 Å². The third kappa shape index (κ3) is 2.37. The molecule has 5 heteroatoms. The van der Waals surface area contributed by atoms with Crippen molar-refractivity contribution < 1.29 is 20.1 Å². The van der Waals surface area contributed by atoms with E-state index >= 15 is 0 Å². The quantitative estimate of drug-likeness (QED) is 0.541. The largest absolute Gasteiger partial charge is 0.508 e. The Morgan fingerprint density at radius 2 is 2.07 bits per heavy atom. The zero-order valence-electron chi connectivity index (χ0n) is 7.40. The molecule has 1 aromatic rings. The highest BCUT2D eigenvalue weighted by molar-refractivity contribution is 5.96. The molecule has 0 saturated carbocycles. The number of amides is 1. The van der Waals surface area contributed by atoms with Crippen LogP contribution in [0.3, 0.4) is 0 Å². The molecule has 0 unspecified atom stereocenters. The summed E-state index contributed by atoms with van der Waals surface area (Å²) in [7, 11) is 0. The molecule has 5 nitrogen and oxygen atoms in total. The molecule has 0 radical (unpaired) electrons. The van der Waals surface area contributed by atoms with Crippen molar-refractivity contribution >= 4 is 5.91 Å². The van der Waals surface area contributed by atoms with E-state index in [1.807, 2.05) is 0 Å². The molecule has 0 atom stereocenters. The van der Waals surface area contributed by atoms with Crippen LogP contribution < -0.4 is 5.32 Å². The number of phenolic OH excluding ortho intramolecular Hbond substituents is 2. The summed E-state index contributed by atoms with van der Waals surface area (Å²) >= 11 is 0. The Morgan fingerprint density at radius 3 is 2.64 bits per heavy atom. The van der Waals surface area contributed by atoms with E-state index in [1.165, 1.54) is 12.1 Å². The van der Waals surface area contributed by atoms with Gasteiger partial charge in [-0.25, -0.2) is 0 Å². The molecule has 0 aliphatic heterocycles. The van der Waals surface area contributed by atoms with E-state index in [1.54, 1.807) is 0 Å². The number of aliphatic hydroxyl groups is 1. The van der Waals surface area contributed by atoms with Crippen molar-refractivity contribution in [2.24, 2.45) is 0 Å². The van der Waals surface area contributed by atoms with Gasteiger partial charge in [-0.1, -0.05) is 0 Å². The van der Waals surface area contributed by atoms with Crippen molar-refractivity contribution in [2.45, 2.75) is 0 Å². The number of benzene rings is 1. The summed E-state index contributed by atoms with van der Waals surface area (Å²) in [5, 5.41) is 29.1. The molecule has 1 rings (SSSR count). The molecule has 4 N–H and O–H groups in total. The van der Waals surface area contributed by atoms with Crippen LogP contribution in [0.4, 0.5) is 0 Å². The van der Waals surface area contributed by atoms with Crippen LogP contribution in [0, 0.1) is 0 Å². The molecule has 76 valence electrons. The van der Waals surface area contributed by atoms with E-state index in [0.717, 1.165) is 6.07 Å². The van der Waals surface area contributed by atoms with E-state index in [9.17, 15) is 9.90 Å². The van der Waals surface area contributed by atoms with E-state index < -0.39 is 5.91 Å². The maximum Gasteiger partial charge on any atom is 0.255 e. The number of aromatic hydroxyl groups is 2. The number of carbonyl (C=O) groups is 1. The highest BCUT2D eigenvalue weighted by atomic mass is 16.3. The third-order valence-corrected chi connectivity index (χ3v) is 1.62. The minimum Gasteiger partial charge on any atom is -0.508 e. The molecule has 0 heterocycles. The van der Waals surface area contributed by atoms with Gasteiger partial charge >= 0.3 is 0 Å². The van der Waals surface area contributed by atoms with Gasteiger partial charge in [-0.15, -0.1) is 0 Å². The summed E-state index contributed by atoms with van der Waals surface area (Å²) in [6.07, 6.45) is 0. The summed E-state index contributed by atoms with van der Waals surface area (Å²) < 4.78 is 0. The number of carbonyl (C=O) groups excluding carboxylic acids is 1. The van der Waals surface area contributed by atoms with Crippen molar-refractivity contribution in [3.63, 3.8) is 0 Å². The second-order valence-corrected chi connectivity index (χ2v) is 2.68. The van der Waals surface area contributed by atoms with Gasteiger partial charge in [0.15, 0.2) is 0 Å². The molecule has 0 spiro atoms. The smallest absolute Gasteiger partial charge is 0.255 e. The normalized spacial score (nSPS) is 9.79. The van der Waals surface area contributed by atoms with E-state index in [2.05, 4.69) is 5.32 Å². The topological polar surface area (TPSA) is 89.8 Å². The molecule has 1 aromatic carbocycles. The predicted octanol–water partition coefficient (Wildman–Crippen LogP) is -0.180. The summed E-state index contributed by atoms with van der Waals surface area (Å²) in [4.78, 5) is 11.3. The Bertz CT molecular complexity index is 338. The van der Waals surface area contributed by atoms with Crippen LogP contribution in [0.15, 0.2) is 18.2 Å². The fourth-order valence-corrected chi connectivity index (χ4v) is 0.977. The molecule has 0 saturated heterocycles. The molecule has 0 aromatic heterocycles. The van der Waals surface area contributed by atoms with Gasteiger partial charge in [-0.2, -0.15) is 0 Å². The maximum absolute atomic E-state index is 11.3. The summed E-state index contributed by atoms with van der Waals surface area (Å²) in [5.41, 5.74) is 0.0660. The van der Waals surface area contributed by atoms with Crippen molar-refractivity contribution in [2.75, 3.05) is 13.2 Å². The highest BCUT2D eigenvalue weighted by Crippen LogP contribution is 2.22. The standard InChI is InChI=1S/C9H11NO4/c11-4-3-10-9(14)7-2-1-6(12)5-8(7)13/h1-2,5,11-13H,3-4H2,(H,10,14). The Hall–Kier alpha value is -1.75. The van der Waals surface area contributed by atoms with Gasteiger partial charge in [-0.05, 0) is 12.1 Å². The first-order valence-electron chi connectivity index (χ1n) is 4.06. The van der Waals surface area contributed by atoms with Gasteiger partial charge in [0, 0.05) is 12.6 Å². The molecule has 0 aliphatic carbocycles. The van der Waals surface area contributed by atoms with Crippen molar-refractivity contribution in [3.05, 3.63) is 23.8 Å². The first-order valence-corrected chi connectivity index (χ1v) is 4.06. The Kier molecular flexibility index (Phi) is 3.30. The lowest BCUT2D eigenvalue weighted by Crippen LogP contribution is -2.26. The van der Waals surface area contributed by atoms with Gasteiger partial charge < -0.3 is 20.6 Å². The van der Waals surface area contributed by atoms with Crippen LogP contribution in [0.1, 0.15) is 10.4 Å². The lowest BCUT2D eigenvalue weighted by atomic mass is 10.2. The fraction of sp³-hybridized carbons (Fsp3) is 0.222. The molecule has 0 fully saturated rings. The first-order chi connectivity index (χ1) is 6.65. The molecular weight excluding hydrogens is 186 g/mol. The van der Waals surface area contributed by atoms with E-state index in [-0.39, 0.29) is 30.2 Å². The number of hydrogen-bond donors (Lipinski definition) is 4. The van der Waals surface area contributed by atoms with Crippen LogP contribution in [-0.4, -0.2) is 34.4 Å². The zero-order chi connectivity index (χ0) is 10.6. The molecule has 1 amide bonds. The molecule has 0 aliphatic rings. The number of nitrogens with one attached hydrogen (secondary N) is 1. The predicted molar refractivity (Wildman–Crippen MR) is 49.2 cm³/mol. The summed E-state index contributed by atoms with van der Waals surface area (Å²) in [6, 6.07) is 3.68. The minimum atomic E-state index is -0.489. The zero-order valence-corrected chi connectivity index (χ0v) is 7.40. The average molecular weight is 197 g/mol. The van der Waals surface area contributed by atoms with Crippen LogP contribution in [0.5, 0.6) is 11.5 Å². The van der Waals surface area contributed by atoms with Gasteiger partial charge in [0.25, 0.3) is 5.91 Å². The van der Waals surface area contributed by atoms with Gasteiger partial charge in [0.05, 0.1) is 12.2 Å². The van der Waals surface area contributed by atoms with Gasteiger partial charge in [-0.3, -0.25) is 4.79 Å². The SMILES string of the molecule is O=C(NCCO)c1ccc(O)cc1O. The maximum atomic E-state index is 11.3. The van der Waals surface area contributed by atoms with Crippen molar-refractivity contribution in [1.82, 2.24) is 5.32 Å². The molecule has 0 bridgehead atoms. The Morgan fingerprint density at radius 1 is 1.36 bits per heavy atom. The second-order valence-electron chi connectivity index (χ2n) is 2.68. The third-order valence-electron chi connectivity index (χ3n) is 1.62. The van der Waals surface area contributed by atoms with Crippen LogP contribution in [-0.2, 0) is 0 Å². The number of hydrogen-bond acceptors (Lipinski definition) is 4. The number of rotatable bonds is 3. The summed E-state index contributed by atoms with van der Waals surface area (Å²) in [5.74, 6) is -0.891. The van der Waals surface area contributed by atoms with Crippen LogP contribution in [0.25, 0.3) is 0 Å². The lowest BCUT2D eigenvalue weighted by molar-refractivity contribution is 0.0942. The number of aliphatic hydroxyl groups excluding tert-OH is 1. The Balaban J connectivity index is 2.80. The average Bonchev–Trinajstić information content (AvgIpc) is 2.14. The van der Waals surface area contributed by atoms with Gasteiger partial charge in [0.2, 0.25) is 0 Å². The minimum absolute atomic E-state index is 0.0660. The fourth-order valence-electron chi connectivity index (χ4n) is 0.977. The molecule has 14 heavy (non-hydrogen) atoms. The van der Waals surface area contributed by atoms with Crippen LogP contribution >= 0.6 is 0 Å². The highest BCUT2D eigenvalue weighted by Gasteiger charge is 2.10. The molecular formula is C9H11NO4. The van der Waals surface area contributed by atoms with Crippen molar-refractivity contribution in [1.29, 1.82) is 0 Å². The monoisotopic (exact) mass is 197 g/mol. The first kappa shape index (κ1) is 10.3. The van der Waals surface area contributed by atoms with Gasteiger partial charge in [0.1, 0.15) is 11.5 Å². The Labute approximate surface area is 80.6 Å². The lowest BCUT2D eigenvalue weighted by Gasteiger charge is -2.05. The van der Waals surface area contributed by atoms with E-state index in [0.29, 0.717) is 0 Å².